The molecule has 1 saturated heterocycles. The van der Waals surface area contributed by atoms with Crippen molar-refractivity contribution in [2.24, 2.45) is 5.92 Å². The minimum atomic E-state index is -0.555. The Labute approximate surface area is 160 Å². The molecule has 134 valence electrons. The van der Waals surface area contributed by atoms with Gasteiger partial charge in [-0.05, 0) is 36.8 Å². The number of ether oxygens (including phenoxy) is 1. The lowest BCUT2D eigenvalue weighted by Gasteiger charge is -2.17. The van der Waals surface area contributed by atoms with Crippen molar-refractivity contribution in [2.75, 3.05) is 18.1 Å². The molecule has 0 saturated carbocycles. The molecule has 0 spiro atoms. The predicted molar refractivity (Wildman–Crippen MR) is 101 cm³/mol. The summed E-state index contributed by atoms with van der Waals surface area (Å²) in [6.07, 6.45) is 0.0965. The lowest BCUT2D eigenvalue weighted by atomic mass is 10.1. The Kier molecular flexibility index (Phi) is 5.52. The Morgan fingerprint density at radius 3 is 2.62 bits per heavy atom. The molecule has 1 fully saturated rings. The van der Waals surface area contributed by atoms with Crippen LogP contribution in [0.4, 0.5) is 5.69 Å². The topological polar surface area (TPSA) is 63.7 Å². The van der Waals surface area contributed by atoms with E-state index in [4.69, 9.17) is 4.74 Å². The fourth-order valence-electron chi connectivity index (χ4n) is 2.88. The number of carbonyl (C=O) groups excluding carboxylic acids is 3. The molecule has 5 nitrogen and oxygen atoms in total. The van der Waals surface area contributed by atoms with Crippen LogP contribution >= 0.6 is 15.9 Å². The summed E-state index contributed by atoms with van der Waals surface area (Å²) in [7, 11) is 0. The van der Waals surface area contributed by atoms with Gasteiger partial charge in [0.2, 0.25) is 5.91 Å². The molecule has 0 aromatic heterocycles. The molecule has 3 rings (SSSR count). The number of nitrogens with zero attached hydrogens (tertiary/aromatic N) is 1. The van der Waals surface area contributed by atoms with Crippen LogP contribution in [0, 0.1) is 12.8 Å². The predicted octanol–water partition coefficient (Wildman–Crippen LogP) is 3.54. The molecular formula is C20H18BrNO4. The number of Topliss-reactive ketones (excluding diaryl/α,β-unsaturated/α-hetero) is 1. The van der Waals surface area contributed by atoms with Crippen molar-refractivity contribution in [3.63, 3.8) is 0 Å². The summed E-state index contributed by atoms with van der Waals surface area (Å²) in [6, 6.07) is 14.4. The summed E-state index contributed by atoms with van der Waals surface area (Å²) in [5.41, 5.74) is 2.29. The Balaban J connectivity index is 1.58. The van der Waals surface area contributed by atoms with Crippen molar-refractivity contribution < 1.29 is 19.1 Å². The van der Waals surface area contributed by atoms with E-state index in [1.165, 1.54) is 0 Å². The number of ketones is 1. The number of halogens is 1. The van der Waals surface area contributed by atoms with Gasteiger partial charge in [-0.2, -0.15) is 0 Å². The third-order valence-electron chi connectivity index (χ3n) is 4.28. The van der Waals surface area contributed by atoms with E-state index in [9.17, 15) is 14.4 Å². The Morgan fingerprint density at radius 2 is 1.92 bits per heavy atom. The zero-order valence-corrected chi connectivity index (χ0v) is 15.9. The van der Waals surface area contributed by atoms with Crippen LogP contribution in [0.25, 0.3) is 0 Å². The molecule has 26 heavy (non-hydrogen) atoms. The third kappa shape index (κ3) is 4.19. The summed E-state index contributed by atoms with van der Waals surface area (Å²) >= 11 is 3.30. The second kappa shape index (κ2) is 7.83. The number of benzene rings is 2. The zero-order valence-electron chi connectivity index (χ0n) is 14.3. The van der Waals surface area contributed by atoms with Crippen molar-refractivity contribution in [3.05, 3.63) is 64.1 Å². The molecule has 0 unspecified atom stereocenters. The highest BCUT2D eigenvalue weighted by molar-refractivity contribution is 9.10. The maximum Gasteiger partial charge on any atom is 0.311 e. The average molecular weight is 416 g/mol. The maximum absolute atomic E-state index is 12.3. The van der Waals surface area contributed by atoms with E-state index in [-0.39, 0.29) is 31.3 Å². The van der Waals surface area contributed by atoms with Gasteiger partial charge in [-0.15, -0.1) is 0 Å². The highest BCUT2D eigenvalue weighted by Crippen LogP contribution is 2.26. The number of rotatable bonds is 5. The summed E-state index contributed by atoms with van der Waals surface area (Å²) in [6.45, 7) is 1.90. The largest absolute Gasteiger partial charge is 0.457 e. The van der Waals surface area contributed by atoms with Crippen LogP contribution < -0.4 is 4.90 Å². The van der Waals surface area contributed by atoms with Gasteiger partial charge in [0, 0.05) is 28.7 Å². The van der Waals surface area contributed by atoms with Crippen LogP contribution in [-0.4, -0.2) is 30.8 Å². The summed E-state index contributed by atoms with van der Waals surface area (Å²) in [5, 5.41) is 0. The Bertz CT molecular complexity index is 847. The van der Waals surface area contributed by atoms with Crippen LogP contribution in [0.3, 0.4) is 0 Å². The quantitative estimate of drug-likeness (QED) is 0.553. The van der Waals surface area contributed by atoms with Crippen LogP contribution in [0.5, 0.6) is 0 Å². The molecular weight excluding hydrogens is 398 g/mol. The summed E-state index contributed by atoms with van der Waals surface area (Å²) < 4.78 is 6.02. The van der Waals surface area contributed by atoms with Gasteiger partial charge in [0.25, 0.3) is 0 Å². The van der Waals surface area contributed by atoms with Gasteiger partial charge >= 0.3 is 5.97 Å². The molecule has 1 heterocycles. The van der Waals surface area contributed by atoms with Crippen molar-refractivity contribution in [1.29, 1.82) is 0 Å². The molecule has 2 aromatic rings. The lowest BCUT2D eigenvalue weighted by molar-refractivity contribution is -0.147. The van der Waals surface area contributed by atoms with Crippen LogP contribution in [0.15, 0.2) is 53.0 Å². The van der Waals surface area contributed by atoms with E-state index in [0.717, 1.165) is 15.7 Å². The molecule has 1 aliphatic heterocycles. The summed E-state index contributed by atoms with van der Waals surface area (Å²) in [4.78, 5) is 38.2. The van der Waals surface area contributed by atoms with E-state index >= 15 is 0 Å². The van der Waals surface area contributed by atoms with Gasteiger partial charge in [0.1, 0.15) is 0 Å². The first-order valence-corrected chi connectivity index (χ1v) is 9.06. The highest BCUT2D eigenvalue weighted by atomic mass is 79.9. The number of anilines is 1. The van der Waals surface area contributed by atoms with Gasteiger partial charge in [-0.3, -0.25) is 14.4 Å². The number of aryl methyl sites for hydroxylation is 1. The van der Waals surface area contributed by atoms with Crippen LogP contribution in [0.1, 0.15) is 22.3 Å². The fraction of sp³-hybridized carbons (Fsp3) is 0.250. The molecule has 2 aromatic carbocycles. The Morgan fingerprint density at radius 1 is 1.19 bits per heavy atom. The highest BCUT2D eigenvalue weighted by Gasteiger charge is 2.36. The standard InChI is InChI=1S/C20H18BrNO4/c1-13-3-2-4-17(9-13)22-11-15(10-19(22)24)20(25)26-12-18(23)14-5-7-16(21)8-6-14/h2-9,15H,10-12H2,1H3/t15-/m0/s1. The second-order valence-corrected chi connectivity index (χ2v) is 7.20. The van der Waals surface area contributed by atoms with Crippen molar-refractivity contribution >= 4 is 39.3 Å². The lowest BCUT2D eigenvalue weighted by Crippen LogP contribution is -2.27. The number of esters is 1. The monoisotopic (exact) mass is 415 g/mol. The van der Waals surface area contributed by atoms with E-state index in [1.54, 1.807) is 29.2 Å². The van der Waals surface area contributed by atoms with Crippen molar-refractivity contribution in [2.45, 2.75) is 13.3 Å². The molecule has 0 N–H and O–H groups in total. The minimum absolute atomic E-state index is 0.0965. The van der Waals surface area contributed by atoms with Crippen LogP contribution in [0.2, 0.25) is 0 Å². The first-order valence-electron chi connectivity index (χ1n) is 8.26. The average Bonchev–Trinajstić information content (AvgIpc) is 3.02. The van der Waals surface area contributed by atoms with Crippen molar-refractivity contribution in [3.8, 4) is 0 Å². The Hall–Kier alpha value is -2.47. The molecule has 1 amide bonds. The zero-order chi connectivity index (χ0) is 18.7. The first kappa shape index (κ1) is 18.3. The second-order valence-electron chi connectivity index (χ2n) is 6.28. The first-order chi connectivity index (χ1) is 12.4. The molecule has 1 aliphatic rings. The minimum Gasteiger partial charge on any atom is -0.457 e. The van der Waals surface area contributed by atoms with Gasteiger partial charge in [0.15, 0.2) is 12.4 Å². The maximum atomic E-state index is 12.3. The summed E-state index contributed by atoms with van der Waals surface area (Å²) in [5.74, 6) is -1.46. The smallest absolute Gasteiger partial charge is 0.311 e. The molecule has 0 radical (unpaired) electrons. The molecule has 6 heteroatoms. The SMILES string of the molecule is Cc1cccc(N2C[C@@H](C(=O)OCC(=O)c3ccc(Br)cc3)CC2=O)c1. The molecule has 0 bridgehead atoms. The van der Waals surface area contributed by atoms with E-state index in [0.29, 0.717) is 5.56 Å². The normalized spacial score (nSPS) is 16.6. The fourth-order valence-corrected chi connectivity index (χ4v) is 3.15. The number of carbonyl (C=O) groups is 3. The number of hydrogen-bond donors (Lipinski definition) is 0. The van der Waals surface area contributed by atoms with E-state index in [1.807, 2.05) is 31.2 Å². The number of hydrogen-bond acceptors (Lipinski definition) is 4. The van der Waals surface area contributed by atoms with E-state index in [2.05, 4.69) is 15.9 Å². The van der Waals surface area contributed by atoms with E-state index < -0.39 is 11.9 Å². The van der Waals surface area contributed by atoms with Crippen LogP contribution in [-0.2, 0) is 14.3 Å². The van der Waals surface area contributed by atoms with Gasteiger partial charge in [-0.25, -0.2) is 0 Å². The van der Waals surface area contributed by atoms with Crippen molar-refractivity contribution in [1.82, 2.24) is 0 Å². The molecule has 0 aliphatic carbocycles. The molecule has 1 atom stereocenters. The van der Waals surface area contributed by atoms with Gasteiger partial charge in [0.05, 0.1) is 5.92 Å². The van der Waals surface area contributed by atoms with Gasteiger partial charge < -0.3 is 9.64 Å². The third-order valence-corrected chi connectivity index (χ3v) is 4.81. The van der Waals surface area contributed by atoms with Gasteiger partial charge in [-0.1, -0.05) is 40.2 Å². The number of amides is 1.